The van der Waals surface area contributed by atoms with Crippen LogP contribution in [0.5, 0.6) is 5.75 Å². The van der Waals surface area contributed by atoms with Crippen LogP contribution in [0.15, 0.2) is 52.6 Å². The molecule has 3 N–H and O–H groups in total. The van der Waals surface area contributed by atoms with Crippen LogP contribution >= 0.6 is 11.3 Å². The molecule has 0 fully saturated rings. The molecule has 6 nitrogen and oxygen atoms in total. The highest BCUT2D eigenvalue weighted by Gasteiger charge is 2.17. The van der Waals surface area contributed by atoms with Crippen LogP contribution < -0.4 is 15.6 Å². The Bertz CT molecular complexity index is 1270. The Balaban J connectivity index is 1.85. The van der Waals surface area contributed by atoms with Crippen molar-refractivity contribution in [2.75, 3.05) is 13.7 Å². The van der Waals surface area contributed by atoms with Crippen molar-refractivity contribution in [3.05, 3.63) is 63.8 Å². The number of hydrogen-bond donors (Lipinski definition) is 3. The summed E-state index contributed by atoms with van der Waals surface area (Å²) in [4.78, 5) is 26.2. The molecule has 0 spiro atoms. The lowest BCUT2D eigenvalue weighted by atomic mass is 9.92. The fourth-order valence-electron chi connectivity index (χ4n) is 3.92. The number of pyridine rings is 1. The monoisotopic (exact) mass is 422 g/mol. The van der Waals surface area contributed by atoms with Gasteiger partial charge in [-0.2, -0.15) is 0 Å². The summed E-state index contributed by atoms with van der Waals surface area (Å²) in [5, 5.41) is 15.2. The number of ether oxygens (including phenoxy) is 1. The molecule has 30 heavy (non-hydrogen) atoms. The number of hydrogen-bond acceptors (Lipinski definition) is 4. The number of fused-ring (bicyclic) bond motifs is 3. The second kappa shape index (κ2) is 8.20. The third-order valence-corrected chi connectivity index (χ3v) is 6.35. The first-order chi connectivity index (χ1) is 14.5. The molecule has 0 aliphatic carbocycles. The van der Waals surface area contributed by atoms with Crippen molar-refractivity contribution in [3.63, 3.8) is 0 Å². The number of aromatic nitrogens is 1. The van der Waals surface area contributed by atoms with Crippen LogP contribution in [0.25, 0.3) is 32.1 Å². The number of methoxy groups -OCH3 is 1. The number of thiophene rings is 1. The van der Waals surface area contributed by atoms with E-state index >= 15 is 0 Å². The van der Waals surface area contributed by atoms with Gasteiger partial charge in [0.25, 0.3) is 5.56 Å². The summed E-state index contributed by atoms with van der Waals surface area (Å²) in [5.74, 6) is 0.832. The van der Waals surface area contributed by atoms with Gasteiger partial charge in [-0.05, 0) is 41.1 Å². The molecule has 0 saturated carbocycles. The first-order valence-corrected chi connectivity index (χ1v) is 10.6. The van der Waals surface area contributed by atoms with Crippen LogP contribution in [0.2, 0.25) is 0 Å². The van der Waals surface area contributed by atoms with Crippen LogP contribution in [0.1, 0.15) is 24.8 Å². The second-order valence-electron chi connectivity index (χ2n) is 7.10. The third-order valence-electron chi connectivity index (χ3n) is 5.44. The van der Waals surface area contributed by atoms with Crippen molar-refractivity contribution in [3.8, 4) is 16.9 Å². The number of nitrogens with one attached hydrogen (secondary N) is 2. The van der Waals surface area contributed by atoms with Gasteiger partial charge in [0.2, 0.25) is 0 Å². The number of carboxylic acid groups (broad SMARTS) is 1. The third kappa shape index (κ3) is 3.52. The summed E-state index contributed by atoms with van der Waals surface area (Å²) in [5.41, 5.74) is 3.65. The number of H-pyrrole nitrogens is 1. The molecule has 4 aromatic rings. The van der Waals surface area contributed by atoms with E-state index in [4.69, 9.17) is 9.84 Å². The van der Waals surface area contributed by atoms with Crippen LogP contribution in [0, 0.1) is 0 Å². The average molecular weight is 423 g/mol. The van der Waals surface area contributed by atoms with E-state index in [9.17, 15) is 9.59 Å². The van der Waals surface area contributed by atoms with Crippen molar-refractivity contribution < 1.29 is 14.6 Å². The molecule has 2 aromatic carbocycles. The predicted octanol–water partition coefficient (Wildman–Crippen LogP) is 5.18. The zero-order valence-corrected chi connectivity index (χ0v) is 17.5. The normalized spacial score (nSPS) is 12.2. The minimum atomic E-state index is -1.01. The standard InChI is InChI=1S/C23H22N2O4S/c1-3-13(12-24-23(27)28)14-4-6-15(7-5-14)19-18(29-2)9-8-17-20(19)16-10-11-30-21(16)22(26)25-17/h4-11,13,24H,3,12H2,1-2H3,(H,25,26)(H,27,28). The van der Waals surface area contributed by atoms with Gasteiger partial charge in [-0.25, -0.2) is 4.79 Å². The fraction of sp³-hybridized carbons (Fsp3) is 0.217. The van der Waals surface area contributed by atoms with E-state index < -0.39 is 6.09 Å². The van der Waals surface area contributed by atoms with Crippen LogP contribution in [-0.4, -0.2) is 29.8 Å². The molecule has 0 saturated heterocycles. The Morgan fingerprint density at radius 1 is 1.20 bits per heavy atom. The number of rotatable bonds is 6. The van der Waals surface area contributed by atoms with Crippen molar-refractivity contribution >= 4 is 38.4 Å². The van der Waals surface area contributed by atoms with Crippen molar-refractivity contribution in [2.24, 2.45) is 0 Å². The maximum Gasteiger partial charge on any atom is 0.404 e. The average Bonchev–Trinajstić information content (AvgIpc) is 3.24. The zero-order valence-electron chi connectivity index (χ0n) is 16.7. The summed E-state index contributed by atoms with van der Waals surface area (Å²) in [6, 6.07) is 13.8. The summed E-state index contributed by atoms with van der Waals surface area (Å²) >= 11 is 1.42. The lowest BCUT2D eigenvalue weighted by molar-refractivity contribution is 0.193. The Labute approximate surface area is 177 Å². The summed E-state index contributed by atoms with van der Waals surface area (Å²) in [6.45, 7) is 2.42. The van der Waals surface area contributed by atoms with Crippen molar-refractivity contribution in [1.82, 2.24) is 10.3 Å². The molecule has 0 bridgehead atoms. The van der Waals surface area contributed by atoms with Gasteiger partial charge >= 0.3 is 6.09 Å². The molecular weight excluding hydrogens is 400 g/mol. The van der Waals surface area contributed by atoms with E-state index in [0.717, 1.165) is 45.1 Å². The minimum absolute atomic E-state index is 0.0873. The van der Waals surface area contributed by atoms with Gasteiger partial charge in [-0.1, -0.05) is 31.2 Å². The molecule has 7 heteroatoms. The highest BCUT2D eigenvalue weighted by Crippen LogP contribution is 2.40. The zero-order chi connectivity index (χ0) is 21.3. The topological polar surface area (TPSA) is 91.4 Å². The number of aromatic amines is 1. The fourth-order valence-corrected chi connectivity index (χ4v) is 4.71. The highest BCUT2D eigenvalue weighted by molar-refractivity contribution is 7.17. The van der Waals surface area contributed by atoms with Gasteiger partial charge in [-0.3, -0.25) is 4.79 Å². The van der Waals surface area contributed by atoms with Crippen molar-refractivity contribution in [1.29, 1.82) is 0 Å². The molecule has 0 aliphatic heterocycles. The molecular formula is C23H22N2O4S. The molecule has 1 unspecified atom stereocenters. The Morgan fingerprint density at radius 3 is 2.63 bits per heavy atom. The van der Waals surface area contributed by atoms with E-state index in [1.165, 1.54) is 11.3 Å². The van der Waals surface area contributed by atoms with Crippen LogP contribution in [0.3, 0.4) is 0 Å². The van der Waals surface area contributed by atoms with Gasteiger partial charge in [0, 0.05) is 34.3 Å². The lowest BCUT2D eigenvalue weighted by Gasteiger charge is -2.17. The van der Waals surface area contributed by atoms with Gasteiger partial charge in [-0.15, -0.1) is 11.3 Å². The maximum atomic E-state index is 12.4. The molecule has 2 aromatic heterocycles. The molecule has 4 rings (SSSR count). The summed E-state index contributed by atoms with van der Waals surface area (Å²) < 4.78 is 6.36. The minimum Gasteiger partial charge on any atom is -0.496 e. The number of benzene rings is 2. The second-order valence-corrected chi connectivity index (χ2v) is 8.01. The highest BCUT2D eigenvalue weighted by atomic mass is 32.1. The predicted molar refractivity (Wildman–Crippen MR) is 121 cm³/mol. The molecule has 0 aliphatic rings. The van der Waals surface area contributed by atoms with Crippen LogP contribution in [0.4, 0.5) is 4.79 Å². The molecule has 154 valence electrons. The summed E-state index contributed by atoms with van der Waals surface area (Å²) in [7, 11) is 1.64. The Morgan fingerprint density at radius 2 is 1.97 bits per heavy atom. The number of amides is 1. The van der Waals surface area contributed by atoms with E-state index in [2.05, 4.69) is 10.3 Å². The van der Waals surface area contributed by atoms with Crippen molar-refractivity contribution in [2.45, 2.75) is 19.3 Å². The maximum absolute atomic E-state index is 12.4. The number of carbonyl (C=O) groups is 1. The van der Waals surface area contributed by atoms with Gasteiger partial charge in [0.05, 0.1) is 7.11 Å². The van der Waals surface area contributed by atoms with E-state index in [-0.39, 0.29) is 11.5 Å². The smallest absolute Gasteiger partial charge is 0.404 e. The molecule has 2 heterocycles. The molecule has 1 amide bonds. The molecule has 1 atom stereocenters. The Kier molecular flexibility index (Phi) is 5.46. The molecule has 0 radical (unpaired) electrons. The largest absolute Gasteiger partial charge is 0.496 e. The first kappa shape index (κ1) is 20.0. The van der Waals surface area contributed by atoms with Gasteiger partial charge in [0.1, 0.15) is 10.4 Å². The summed E-state index contributed by atoms with van der Waals surface area (Å²) in [6.07, 6.45) is -0.187. The SMILES string of the molecule is CCC(CNC(=O)O)c1ccc(-c2c(OC)ccc3[nH]c(=O)c4sccc4c23)cc1. The first-order valence-electron chi connectivity index (χ1n) is 9.70. The van der Waals surface area contributed by atoms with E-state index in [0.29, 0.717) is 11.2 Å². The van der Waals surface area contributed by atoms with E-state index in [1.54, 1.807) is 7.11 Å². The van der Waals surface area contributed by atoms with E-state index in [1.807, 2.05) is 54.8 Å². The Hall–Kier alpha value is -3.32. The van der Waals surface area contributed by atoms with Gasteiger partial charge < -0.3 is 20.1 Å². The lowest BCUT2D eigenvalue weighted by Crippen LogP contribution is -2.26. The van der Waals surface area contributed by atoms with Gasteiger partial charge in [0.15, 0.2) is 0 Å². The quantitative estimate of drug-likeness (QED) is 0.399. The van der Waals surface area contributed by atoms with Crippen LogP contribution in [-0.2, 0) is 0 Å².